The van der Waals surface area contributed by atoms with Crippen LogP contribution >= 0.6 is 0 Å². The van der Waals surface area contributed by atoms with Crippen molar-refractivity contribution >= 4 is 0 Å². The first-order chi connectivity index (χ1) is 10.2. The summed E-state index contributed by atoms with van der Waals surface area (Å²) in [7, 11) is 0. The highest BCUT2D eigenvalue weighted by Gasteiger charge is 2.36. The topological polar surface area (TPSA) is 15.3 Å². The zero-order chi connectivity index (χ0) is 14.7. The van der Waals surface area contributed by atoms with Gasteiger partial charge in [-0.25, -0.2) is 0 Å². The lowest BCUT2D eigenvalue weighted by atomic mass is 9.79. The molecule has 0 bridgehead atoms. The Hall–Kier alpha value is -0.0800. The Kier molecular flexibility index (Phi) is 5.27. The third-order valence-corrected chi connectivity index (χ3v) is 5.97. The summed E-state index contributed by atoms with van der Waals surface area (Å²) in [5.41, 5.74) is 0.568. The fraction of sp³-hybridized carbons (Fsp3) is 1.00. The van der Waals surface area contributed by atoms with Gasteiger partial charge in [-0.1, -0.05) is 25.7 Å². The van der Waals surface area contributed by atoms with Crippen molar-refractivity contribution in [2.45, 2.75) is 90.1 Å². The third kappa shape index (κ3) is 4.96. The number of rotatable bonds is 8. The molecule has 0 spiro atoms. The summed E-state index contributed by atoms with van der Waals surface area (Å²) in [5.74, 6) is 1.02. The fourth-order valence-corrected chi connectivity index (χ4v) is 4.04. The van der Waals surface area contributed by atoms with Crippen LogP contribution in [0.3, 0.4) is 0 Å². The molecule has 3 aliphatic carbocycles. The highest BCUT2D eigenvalue weighted by atomic mass is 15.2. The van der Waals surface area contributed by atoms with Gasteiger partial charge in [0.15, 0.2) is 0 Å². The molecular weight excluding hydrogens is 256 g/mol. The van der Waals surface area contributed by atoms with E-state index >= 15 is 0 Å². The van der Waals surface area contributed by atoms with Crippen molar-refractivity contribution in [3.63, 3.8) is 0 Å². The smallest absolute Gasteiger partial charge is 0.00684 e. The van der Waals surface area contributed by atoms with Crippen LogP contribution < -0.4 is 5.32 Å². The van der Waals surface area contributed by atoms with Crippen LogP contribution in [0.1, 0.15) is 78.1 Å². The van der Waals surface area contributed by atoms with E-state index in [4.69, 9.17) is 0 Å². The highest BCUT2D eigenvalue weighted by molar-refractivity contribution is 4.92. The largest absolute Gasteiger partial charge is 0.313 e. The van der Waals surface area contributed by atoms with E-state index in [1.807, 2.05) is 0 Å². The molecule has 2 heteroatoms. The van der Waals surface area contributed by atoms with Crippen LogP contribution in [-0.2, 0) is 0 Å². The molecule has 0 heterocycles. The van der Waals surface area contributed by atoms with Crippen LogP contribution in [-0.4, -0.2) is 36.6 Å². The molecule has 0 aromatic heterocycles. The van der Waals surface area contributed by atoms with Crippen molar-refractivity contribution in [1.29, 1.82) is 0 Å². The van der Waals surface area contributed by atoms with Gasteiger partial charge in [-0.15, -0.1) is 0 Å². The molecule has 21 heavy (non-hydrogen) atoms. The molecule has 0 aromatic carbocycles. The Morgan fingerprint density at radius 3 is 2.19 bits per heavy atom. The minimum Gasteiger partial charge on any atom is -0.313 e. The highest BCUT2D eigenvalue weighted by Crippen LogP contribution is 2.38. The summed E-state index contributed by atoms with van der Waals surface area (Å²) < 4.78 is 0. The van der Waals surface area contributed by atoms with E-state index in [2.05, 4.69) is 24.1 Å². The maximum Gasteiger partial charge on any atom is 0.00684 e. The van der Waals surface area contributed by atoms with Gasteiger partial charge in [0.2, 0.25) is 0 Å². The molecule has 122 valence electrons. The Labute approximate surface area is 132 Å². The predicted octanol–water partition coefficient (Wildman–Crippen LogP) is 4.20. The van der Waals surface area contributed by atoms with Gasteiger partial charge in [-0.05, 0) is 63.7 Å². The molecule has 3 saturated carbocycles. The molecule has 0 atom stereocenters. The van der Waals surface area contributed by atoms with Crippen molar-refractivity contribution in [3.8, 4) is 0 Å². The van der Waals surface area contributed by atoms with E-state index in [-0.39, 0.29) is 0 Å². The molecule has 0 unspecified atom stereocenters. The van der Waals surface area contributed by atoms with E-state index in [1.165, 1.54) is 83.8 Å². The Morgan fingerprint density at radius 1 is 1.00 bits per heavy atom. The monoisotopic (exact) mass is 292 g/mol. The van der Waals surface area contributed by atoms with Crippen molar-refractivity contribution in [1.82, 2.24) is 10.2 Å². The first kappa shape index (κ1) is 15.8. The maximum absolute atomic E-state index is 3.88. The summed E-state index contributed by atoms with van der Waals surface area (Å²) in [6.45, 7) is 8.80. The molecule has 2 nitrogen and oxygen atoms in total. The van der Waals surface area contributed by atoms with Gasteiger partial charge < -0.3 is 10.2 Å². The Bertz CT molecular complexity index is 310. The second-order valence-electron chi connectivity index (χ2n) is 8.54. The lowest BCUT2D eigenvalue weighted by molar-refractivity contribution is 0.0989. The second-order valence-corrected chi connectivity index (χ2v) is 8.54. The first-order valence-corrected chi connectivity index (χ1v) is 9.64. The van der Waals surface area contributed by atoms with Gasteiger partial charge in [-0.2, -0.15) is 0 Å². The van der Waals surface area contributed by atoms with Crippen LogP contribution in [0.4, 0.5) is 0 Å². The summed E-state index contributed by atoms with van der Waals surface area (Å²) in [6.07, 6.45) is 14.6. The first-order valence-electron chi connectivity index (χ1n) is 9.64. The Morgan fingerprint density at radius 2 is 1.67 bits per heavy atom. The number of nitrogens with one attached hydrogen (secondary N) is 1. The van der Waals surface area contributed by atoms with Gasteiger partial charge in [0.25, 0.3) is 0 Å². The van der Waals surface area contributed by atoms with E-state index in [9.17, 15) is 0 Å². The molecule has 3 rings (SSSR count). The molecule has 1 N–H and O–H groups in total. The number of nitrogens with zero attached hydrogens (tertiary/aromatic N) is 1. The van der Waals surface area contributed by atoms with Crippen molar-refractivity contribution in [3.05, 3.63) is 0 Å². The summed E-state index contributed by atoms with van der Waals surface area (Å²) in [5, 5.41) is 3.88. The van der Waals surface area contributed by atoms with Crippen LogP contribution in [0, 0.1) is 11.3 Å². The molecule has 0 aromatic rings. The quantitative estimate of drug-likeness (QED) is 0.675. The van der Waals surface area contributed by atoms with Crippen LogP contribution in [0.15, 0.2) is 0 Å². The lowest BCUT2D eigenvalue weighted by Gasteiger charge is -2.40. The van der Waals surface area contributed by atoms with E-state index in [0.29, 0.717) is 11.5 Å². The van der Waals surface area contributed by atoms with E-state index < -0.39 is 0 Å². The minimum atomic E-state index is 0.568. The van der Waals surface area contributed by atoms with Crippen molar-refractivity contribution in [2.75, 3.05) is 19.6 Å². The third-order valence-electron chi connectivity index (χ3n) is 5.97. The predicted molar refractivity (Wildman–Crippen MR) is 90.6 cm³/mol. The van der Waals surface area contributed by atoms with Gasteiger partial charge >= 0.3 is 0 Å². The van der Waals surface area contributed by atoms with E-state index in [0.717, 1.165) is 12.0 Å². The average molecular weight is 293 g/mol. The van der Waals surface area contributed by atoms with Gasteiger partial charge in [-0.3, -0.25) is 0 Å². The Balaban J connectivity index is 1.62. The average Bonchev–Trinajstić information content (AvgIpc) is 3.31. The molecule has 0 radical (unpaired) electrons. The van der Waals surface area contributed by atoms with E-state index in [1.54, 1.807) is 0 Å². The zero-order valence-electron chi connectivity index (χ0n) is 14.4. The summed E-state index contributed by atoms with van der Waals surface area (Å²) in [4.78, 5) is 2.82. The summed E-state index contributed by atoms with van der Waals surface area (Å²) >= 11 is 0. The fourth-order valence-electron chi connectivity index (χ4n) is 4.04. The zero-order valence-corrected chi connectivity index (χ0v) is 14.4. The summed E-state index contributed by atoms with van der Waals surface area (Å²) in [6, 6.07) is 1.58. The maximum atomic E-state index is 3.88. The lowest BCUT2D eigenvalue weighted by Crippen LogP contribution is -2.47. The van der Waals surface area contributed by atoms with Crippen molar-refractivity contribution in [2.24, 2.45) is 11.3 Å². The van der Waals surface area contributed by atoms with Gasteiger partial charge in [0.1, 0.15) is 0 Å². The minimum absolute atomic E-state index is 0.568. The van der Waals surface area contributed by atoms with Crippen LogP contribution in [0.2, 0.25) is 0 Å². The van der Waals surface area contributed by atoms with Crippen LogP contribution in [0.25, 0.3) is 0 Å². The molecule has 3 fully saturated rings. The molecular formula is C19H36N2. The van der Waals surface area contributed by atoms with Gasteiger partial charge in [0, 0.05) is 31.7 Å². The molecule has 3 aliphatic rings. The normalized spacial score (nSPS) is 26.3. The van der Waals surface area contributed by atoms with Crippen molar-refractivity contribution < 1.29 is 0 Å². The van der Waals surface area contributed by atoms with Gasteiger partial charge in [0.05, 0.1) is 0 Å². The number of hydrogen-bond donors (Lipinski definition) is 1. The molecule has 0 saturated heterocycles. The second kappa shape index (κ2) is 7.00. The molecule has 0 amide bonds. The number of hydrogen-bond acceptors (Lipinski definition) is 2. The molecule has 0 aliphatic heterocycles. The standard InChI is InChI=1S/C19H36N2/c1-16(2)21(13-17-7-8-17)15-19(14-20-18-9-10-18)11-5-3-4-6-12-19/h16-18,20H,3-15H2,1-2H3. The SMILES string of the molecule is CC(C)N(CC1CC1)CC1(CNC2CC2)CCCCCC1. The van der Waals surface area contributed by atoms with Crippen LogP contribution in [0.5, 0.6) is 0 Å².